The van der Waals surface area contributed by atoms with Crippen LogP contribution >= 0.6 is 0 Å². The van der Waals surface area contributed by atoms with Gasteiger partial charge in [0.25, 0.3) is 11.5 Å². The highest BCUT2D eigenvalue weighted by Crippen LogP contribution is 2.31. The number of fused-ring (bicyclic) bond motifs is 1. The number of halogens is 2. The molecule has 0 fully saturated rings. The maximum Gasteiger partial charge on any atom is 0.332 e. The molecule has 0 atom stereocenters. The van der Waals surface area contributed by atoms with Crippen molar-refractivity contribution in [3.63, 3.8) is 0 Å². The second kappa shape index (κ2) is 9.70. The van der Waals surface area contributed by atoms with Crippen molar-refractivity contribution in [1.29, 1.82) is 0 Å². The van der Waals surface area contributed by atoms with Crippen LogP contribution in [0.5, 0.6) is 0 Å². The predicted octanol–water partition coefficient (Wildman–Crippen LogP) is 4.15. The number of hydrogen-bond donors (Lipinski definition) is 0. The Morgan fingerprint density at radius 2 is 1.81 bits per heavy atom. The second-order valence-corrected chi connectivity index (χ2v) is 9.59. The Bertz CT molecular complexity index is 1560. The molecule has 0 bridgehead atoms. The van der Waals surface area contributed by atoms with Crippen molar-refractivity contribution < 1.29 is 13.5 Å². The average Bonchev–Trinajstić information content (AvgIpc) is 3.47. The van der Waals surface area contributed by atoms with Gasteiger partial charge in [0.1, 0.15) is 11.5 Å². The van der Waals surface area contributed by atoms with Crippen molar-refractivity contribution in [3.05, 3.63) is 68.6 Å². The molecule has 4 aromatic rings. The van der Waals surface area contributed by atoms with E-state index in [4.69, 9.17) is 9.72 Å². The van der Waals surface area contributed by atoms with Crippen molar-refractivity contribution in [2.75, 3.05) is 7.11 Å². The third-order valence-electron chi connectivity index (χ3n) is 6.50. The van der Waals surface area contributed by atoms with Crippen LogP contribution in [0.4, 0.5) is 8.78 Å². The molecular formula is C26H32F2N6O3. The summed E-state index contributed by atoms with van der Waals surface area (Å²) >= 11 is 0. The number of ether oxygens (including phenoxy) is 1. The molecule has 0 aliphatic carbocycles. The van der Waals surface area contributed by atoms with E-state index < -0.39 is 22.9 Å². The summed E-state index contributed by atoms with van der Waals surface area (Å²) in [6.45, 7) is 9.10. The molecule has 0 spiro atoms. The first-order chi connectivity index (χ1) is 17.4. The number of imidazole rings is 1. The van der Waals surface area contributed by atoms with Crippen LogP contribution in [0.25, 0.3) is 22.6 Å². The van der Waals surface area contributed by atoms with Crippen molar-refractivity contribution in [2.45, 2.75) is 72.3 Å². The lowest BCUT2D eigenvalue weighted by molar-refractivity contribution is -0.0406. The standard InChI is InChI=1S/C26H32F2N6O3/c1-7-12-33-23(35)20-22(32(8-2)24(33)36)30-21(34(20)25(3,4)37-6)18-14-29-31(16-18)15-17-10-9-11-19(13-17)26(5,27)28/h9-11,13-14,16H,7-8,12,15H2,1-6H3. The molecule has 198 valence electrons. The summed E-state index contributed by atoms with van der Waals surface area (Å²) in [5, 5.41) is 4.41. The third kappa shape index (κ3) is 4.75. The molecule has 0 amide bonds. The highest BCUT2D eigenvalue weighted by Gasteiger charge is 2.31. The smallest absolute Gasteiger partial charge is 0.332 e. The first-order valence-corrected chi connectivity index (χ1v) is 12.2. The van der Waals surface area contributed by atoms with Crippen molar-refractivity contribution >= 4 is 11.2 Å². The molecule has 4 rings (SSSR count). The Morgan fingerprint density at radius 1 is 1.08 bits per heavy atom. The molecule has 11 heteroatoms. The van der Waals surface area contributed by atoms with E-state index in [0.717, 1.165) is 6.92 Å². The molecule has 0 saturated heterocycles. The van der Waals surface area contributed by atoms with Crippen LogP contribution in [-0.2, 0) is 36.0 Å². The van der Waals surface area contributed by atoms with E-state index in [1.807, 2.05) is 27.7 Å². The Labute approximate surface area is 212 Å². The fourth-order valence-corrected chi connectivity index (χ4v) is 4.45. The van der Waals surface area contributed by atoms with Gasteiger partial charge in [-0.25, -0.2) is 18.6 Å². The number of aryl methyl sites for hydroxylation is 1. The number of rotatable bonds is 9. The number of alkyl halides is 2. The molecule has 0 saturated carbocycles. The van der Waals surface area contributed by atoms with E-state index in [0.29, 0.717) is 29.9 Å². The molecule has 1 aromatic carbocycles. The van der Waals surface area contributed by atoms with Gasteiger partial charge in [0.05, 0.1) is 18.3 Å². The van der Waals surface area contributed by atoms with E-state index in [-0.39, 0.29) is 29.8 Å². The van der Waals surface area contributed by atoms with Gasteiger partial charge in [0.2, 0.25) is 0 Å². The largest absolute Gasteiger partial charge is 0.359 e. The minimum Gasteiger partial charge on any atom is -0.359 e. The fourth-order valence-electron chi connectivity index (χ4n) is 4.45. The van der Waals surface area contributed by atoms with Crippen molar-refractivity contribution in [2.24, 2.45) is 0 Å². The summed E-state index contributed by atoms with van der Waals surface area (Å²) in [5.74, 6) is -2.53. The van der Waals surface area contributed by atoms with Gasteiger partial charge in [-0.05, 0) is 38.8 Å². The summed E-state index contributed by atoms with van der Waals surface area (Å²) in [6.07, 6.45) is 3.96. The van der Waals surface area contributed by atoms with E-state index in [9.17, 15) is 18.4 Å². The minimum absolute atomic E-state index is 0.0677. The van der Waals surface area contributed by atoms with Crippen LogP contribution in [0.1, 0.15) is 52.2 Å². The molecular weight excluding hydrogens is 482 g/mol. The molecule has 3 heterocycles. The Balaban J connectivity index is 1.89. The van der Waals surface area contributed by atoms with Crippen LogP contribution in [0.15, 0.2) is 46.2 Å². The normalized spacial score (nSPS) is 12.5. The fraction of sp³-hybridized carbons (Fsp3) is 0.462. The van der Waals surface area contributed by atoms with Gasteiger partial charge in [-0.1, -0.05) is 25.1 Å². The number of nitrogens with zero attached hydrogens (tertiary/aromatic N) is 6. The SMILES string of the molecule is CCCn1c(=O)c2c(nc(-c3cnn(Cc4cccc(C(C)(F)F)c4)c3)n2C(C)(C)OC)n(CC)c1=O. The van der Waals surface area contributed by atoms with Crippen LogP contribution in [0, 0.1) is 0 Å². The Hall–Kier alpha value is -3.60. The maximum atomic E-state index is 13.8. The first kappa shape index (κ1) is 26.5. The Morgan fingerprint density at radius 3 is 2.43 bits per heavy atom. The van der Waals surface area contributed by atoms with Crippen LogP contribution in [0.2, 0.25) is 0 Å². The quantitative estimate of drug-likeness (QED) is 0.335. The summed E-state index contributed by atoms with van der Waals surface area (Å²) < 4.78 is 39.4. The highest BCUT2D eigenvalue weighted by atomic mass is 19.3. The Kier molecular flexibility index (Phi) is 6.93. The molecule has 9 nitrogen and oxygen atoms in total. The zero-order chi connectivity index (χ0) is 27.1. The topological polar surface area (TPSA) is 88.9 Å². The van der Waals surface area contributed by atoms with Crippen molar-refractivity contribution in [1.82, 2.24) is 28.5 Å². The van der Waals surface area contributed by atoms with Gasteiger partial charge in [0.15, 0.2) is 11.2 Å². The first-order valence-electron chi connectivity index (χ1n) is 12.2. The van der Waals surface area contributed by atoms with E-state index in [1.54, 1.807) is 33.8 Å². The number of methoxy groups -OCH3 is 1. The summed E-state index contributed by atoms with van der Waals surface area (Å²) in [7, 11) is 1.54. The van der Waals surface area contributed by atoms with Gasteiger partial charge in [0, 0.05) is 38.9 Å². The molecule has 37 heavy (non-hydrogen) atoms. The lowest BCUT2D eigenvalue weighted by Crippen LogP contribution is -2.41. The molecule has 0 aliphatic heterocycles. The van der Waals surface area contributed by atoms with Gasteiger partial charge >= 0.3 is 5.69 Å². The number of hydrogen-bond acceptors (Lipinski definition) is 5. The zero-order valence-electron chi connectivity index (χ0n) is 22.0. The molecule has 0 radical (unpaired) electrons. The van der Waals surface area contributed by atoms with E-state index >= 15 is 0 Å². The summed E-state index contributed by atoms with van der Waals surface area (Å²) in [6, 6.07) is 6.21. The van der Waals surface area contributed by atoms with E-state index in [1.165, 1.54) is 28.4 Å². The van der Waals surface area contributed by atoms with Gasteiger partial charge in [-0.3, -0.25) is 23.2 Å². The number of aromatic nitrogens is 6. The van der Waals surface area contributed by atoms with Crippen LogP contribution in [-0.4, -0.2) is 35.6 Å². The molecule has 0 aliphatic rings. The third-order valence-corrected chi connectivity index (χ3v) is 6.50. The number of benzene rings is 1. The van der Waals surface area contributed by atoms with Gasteiger partial charge in [-0.15, -0.1) is 0 Å². The van der Waals surface area contributed by atoms with E-state index in [2.05, 4.69) is 5.10 Å². The maximum absolute atomic E-state index is 13.8. The average molecular weight is 515 g/mol. The monoisotopic (exact) mass is 514 g/mol. The molecule has 3 aromatic heterocycles. The van der Waals surface area contributed by atoms with Crippen LogP contribution < -0.4 is 11.2 Å². The molecule has 0 N–H and O–H groups in total. The molecule has 0 unspecified atom stereocenters. The van der Waals surface area contributed by atoms with Crippen LogP contribution in [0.3, 0.4) is 0 Å². The lowest BCUT2D eigenvalue weighted by Gasteiger charge is -2.27. The van der Waals surface area contributed by atoms with Gasteiger partial charge < -0.3 is 4.74 Å². The van der Waals surface area contributed by atoms with Gasteiger partial charge in [-0.2, -0.15) is 5.10 Å². The zero-order valence-corrected chi connectivity index (χ0v) is 22.0. The lowest BCUT2D eigenvalue weighted by atomic mass is 10.1. The van der Waals surface area contributed by atoms with Crippen molar-refractivity contribution in [3.8, 4) is 11.4 Å². The summed E-state index contributed by atoms with van der Waals surface area (Å²) in [4.78, 5) is 31.4. The summed E-state index contributed by atoms with van der Waals surface area (Å²) in [5.41, 5.74) is -0.0834. The highest BCUT2D eigenvalue weighted by molar-refractivity contribution is 5.77. The predicted molar refractivity (Wildman–Crippen MR) is 137 cm³/mol. The minimum atomic E-state index is -2.94. The second-order valence-electron chi connectivity index (χ2n) is 9.59.